The van der Waals surface area contributed by atoms with Crippen molar-refractivity contribution in [3.63, 3.8) is 0 Å². The second kappa shape index (κ2) is 7.09. The van der Waals surface area contributed by atoms with Crippen LogP contribution in [-0.4, -0.2) is 11.9 Å². The van der Waals surface area contributed by atoms with Crippen LogP contribution in [0, 0.1) is 17.2 Å². The molecule has 3 nitrogen and oxygen atoms in total. The number of nitriles is 1. The minimum absolute atomic E-state index is 0.0112. The number of benzene rings is 1. The fourth-order valence-corrected chi connectivity index (χ4v) is 2.99. The minimum Gasteiger partial charge on any atom is -0.349 e. The molecule has 1 aromatic rings. The summed E-state index contributed by atoms with van der Waals surface area (Å²) >= 11 is 0. The molecule has 1 amide bonds. The number of amides is 1. The molecule has 1 fully saturated rings. The average Bonchev–Trinajstić information content (AvgIpc) is 2.92. The Morgan fingerprint density at radius 1 is 1.35 bits per heavy atom. The maximum absolute atomic E-state index is 12.2. The van der Waals surface area contributed by atoms with E-state index in [0.29, 0.717) is 23.1 Å². The van der Waals surface area contributed by atoms with E-state index >= 15 is 0 Å². The topological polar surface area (TPSA) is 52.9 Å². The number of nitrogens with one attached hydrogen (secondary N) is 1. The summed E-state index contributed by atoms with van der Waals surface area (Å²) in [4.78, 5) is 12.2. The van der Waals surface area contributed by atoms with Crippen molar-refractivity contribution < 1.29 is 4.79 Å². The fourth-order valence-electron chi connectivity index (χ4n) is 2.99. The molecule has 1 aromatic carbocycles. The molecule has 0 aromatic heterocycles. The fraction of sp³-hybridized carbons (Fsp3) is 0.529. The molecule has 1 saturated carbocycles. The number of nitrogens with zero attached hydrogens (tertiary/aromatic N) is 1. The van der Waals surface area contributed by atoms with E-state index < -0.39 is 0 Å². The third-order valence-corrected chi connectivity index (χ3v) is 4.18. The third-order valence-electron chi connectivity index (χ3n) is 4.18. The van der Waals surface area contributed by atoms with Gasteiger partial charge in [-0.1, -0.05) is 26.2 Å². The third kappa shape index (κ3) is 3.60. The molecule has 1 aliphatic rings. The van der Waals surface area contributed by atoms with Crippen LogP contribution in [0.4, 0.5) is 0 Å². The number of hydrogen-bond acceptors (Lipinski definition) is 2. The summed E-state index contributed by atoms with van der Waals surface area (Å²) in [5.41, 5.74) is 1.23. The highest BCUT2D eigenvalue weighted by atomic mass is 16.1. The van der Waals surface area contributed by atoms with E-state index in [-0.39, 0.29) is 5.91 Å². The summed E-state index contributed by atoms with van der Waals surface area (Å²) in [6, 6.07) is 9.23. The van der Waals surface area contributed by atoms with E-state index in [1.54, 1.807) is 24.3 Å². The van der Waals surface area contributed by atoms with Crippen molar-refractivity contribution in [3.8, 4) is 6.07 Å². The van der Waals surface area contributed by atoms with Crippen molar-refractivity contribution in [3.05, 3.63) is 35.4 Å². The largest absolute Gasteiger partial charge is 0.349 e. The molecule has 0 heterocycles. The Labute approximate surface area is 121 Å². The molecule has 0 aliphatic heterocycles. The van der Waals surface area contributed by atoms with Gasteiger partial charge >= 0.3 is 0 Å². The first-order chi connectivity index (χ1) is 9.74. The summed E-state index contributed by atoms with van der Waals surface area (Å²) < 4.78 is 0. The Balaban J connectivity index is 1.94. The summed E-state index contributed by atoms with van der Waals surface area (Å²) in [6.07, 6.45) is 7.22. The first-order valence-electron chi connectivity index (χ1n) is 7.55. The van der Waals surface area contributed by atoms with Crippen molar-refractivity contribution >= 4 is 5.91 Å². The first-order valence-corrected chi connectivity index (χ1v) is 7.55. The van der Waals surface area contributed by atoms with Crippen LogP contribution in [0.5, 0.6) is 0 Å². The SMILES string of the molecule is CCCCC1CCCC1NC(=O)c1ccc(C#N)cc1. The molecule has 0 saturated heterocycles. The predicted molar refractivity (Wildman–Crippen MR) is 79.3 cm³/mol. The van der Waals surface area contributed by atoms with Gasteiger partial charge in [0.2, 0.25) is 0 Å². The zero-order chi connectivity index (χ0) is 14.4. The van der Waals surface area contributed by atoms with Gasteiger partial charge in [-0.2, -0.15) is 5.26 Å². The standard InChI is InChI=1S/C17H22N2O/c1-2-3-5-14-6-4-7-16(14)19-17(20)15-10-8-13(12-18)9-11-15/h8-11,14,16H,2-7H2,1H3,(H,19,20). The number of rotatable bonds is 5. The molecule has 2 rings (SSSR count). The van der Waals surface area contributed by atoms with Crippen LogP contribution in [0.15, 0.2) is 24.3 Å². The Kier molecular flexibility index (Phi) is 5.17. The zero-order valence-corrected chi connectivity index (χ0v) is 12.1. The summed E-state index contributed by atoms with van der Waals surface area (Å²) in [5.74, 6) is 0.625. The molecular weight excluding hydrogens is 248 g/mol. The maximum Gasteiger partial charge on any atom is 0.251 e. The van der Waals surface area contributed by atoms with Crippen LogP contribution < -0.4 is 5.32 Å². The van der Waals surface area contributed by atoms with Crippen molar-refractivity contribution in [2.24, 2.45) is 5.92 Å². The van der Waals surface area contributed by atoms with Crippen LogP contribution in [0.3, 0.4) is 0 Å². The Morgan fingerprint density at radius 3 is 2.75 bits per heavy atom. The zero-order valence-electron chi connectivity index (χ0n) is 12.1. The van der Waals surface area contributed by atoms with Crippen molar-refractivity contribution in [1.82, 2.24) is 5.32 Å². The van der Waals surface area contributed by atoms with Gasteiger partial charge in [-0.3, -0.25) is 4.79 Å². The second-order valence-corrected chi connectivity index (χ2v) is 5.60. The summed E-state index contributed by atoms with van der Waals surface area (Å²) in [6.45, 7) is 2.21. The van der Waals surface area contributed by atoms with E-state index in [2.05, 4.69) is 18.3 Å². The lowest BCUT2D eigenvalue weighted by molar-refractivity contribution is 0.0926. The molecule has 1 N–H and O–H groups in total. The van der Waals surface area contributed by atoms with Crippen LogP contribution >= 0.6 is 0 Å². The van der Waals surface area contributed by atoms with Crippen molar-refractivity contribution in [2.45, 2.75) is 51.5 Å². The van der Waals surface area contributed by atoms with Gasteiger partial charge < -0.3 is 5.32 Å². The van der Waals surface area contributed by atoms with Gasteiger partial charge in [0.25, 0.3) is 5.91 Å². The lowest BCUT2D eigenvalue weighted by atomic mass is 9.96. The maximum atomic E-state index is 12.2. The molecule has 0 radical (unpaired) electrons. The Bertz CT molecular complexity index is 487. The van der Waals surface area contributed by atoms with Crippen molar-refractivity contribution in [1.29, 1.82) is 5.26 Å². The van der Waals surface area contributed by atoms with E-state index in [4.69, 9.17) is 5.26 Å². The van der Waals surface area contributed by atoms with Crippen LogP contribution in [0.2, 0.25) is 0 Å². The molecule has 3 heteroatoms. The highest BCUT2D eigenvalue weighted by Crippen LogP contribution is 2.30. The van der Waals surface area contributed by atoms with Crippen LogP contribution in [-0.2, 0) is 0 Å². The van der Waals surface area contributed by atoms with Crippen LogP contribution in [0.25, 0.3) is 0 Å². The second-order valence-electron chi connectivity index (χ2n) is 5.60. The van der Waals surface area contributed by atoms with Crippen molar-refractivity contribution in [2.75, 3.05) is 0 Å². The first kappa shape index (κ1) is 14.6. The van der Waals surface area contributed by atoms with Gasteiger partial charge in [0.1, 0.15) is 0 Å². The normalized spacial score (nSPS) is 21.4. The van der Waals surface area contributed by atoms with Gasteiger partial charge in [0.15, 0.2) is 0 Å². The van der Waals surface area contributed by atoms with Gasteiger partial charge in [-0.05, 0) is 49.4 Å². The van der Waals surface area contributed by atoms with E-state index in [0.717, 1.165) is 6.42 Å². The number of carbonyl (C=O) groups is 1. The molecule has 0 spiro atoms. The number of unbranched alkanes of at least 4 members (excludes halogenated alkanes) is 1. The summed E-state index contributed by atoms with van der Waals surface area (Å²) in [5, 5.41) is 11.9. The Hall–Kier alpha value is -1.82. The van der Waals surface area contributed by atoms with Gasteiger partial charge in [-0.25, -0.2) is 0 Å². The smallest absolute Gasteiger partial charge is 0.251 e. The average molecular weight is 270 g/mol. The quantitative estimate of drug-likeness (QED) is 0.888. The van der Waals surface area contributed by atoms with E-state index in [1.807, 2.05) is 0 Å². The molecule has 0 bridgehead atoms. The highest BCUT2D eigenvalue weighted by molar-refractivity contribution is 5.94. The Morgan fingerprint density at radius 2 is 2.10 bits per heavy atom. The molecule has 1 aliphatic carbocycles. The van der Waals surface area contributed by atoms with Gasteiger partial charge in [0.05, 0.1) is 11.6 Å². The predicted octanol–water partition coefficient (Wildman–Crippen LogP) is 3.65. The van der Waals surface area contributed by atoms with E-state index in [1.165, 1.54) is 32.1 Å². The molecule has 20 heavy (non-hydrogen) atoms. The highest BCUT2D eigenvalue weighted by Gasteiger charge is 2.28. The molecule has 106 valence electrons. The van der Waals surface area contributed by atoms with Gasteiger partial charge in [0, 0.05) is 11.6 Å². The molecular formula is C17H22N2O. The number of hydrogen-bond donors (Lipinski definition) is 1. The summed E-state index contributed by atoms with van der Waals surface area (Å²) in [7, 11) is 0. The number of carbonyl (C=O) groups excluding carboxylic acids is 1. The van der Waals surface area contributed by atoms with Gasteiger partial charge in [-0.15, -0.1) is 0 Å². The van der Waals surface area contributed by atoms with E-state index in [9.17, 15) is 4.79 Å². The molecule has 2 unspecified atom stereocenters. The minimum atomic E-state index is -0.0112. The molecule has 2 atom stereocenters. The van der Waals surface area contributed by atoms with Crippen LogP contribution in [0.1, 0.15) is 61.4 Å². The lowest BCUT2D eigenvalue weighted by Gasteiger charge is -2.21. The lowest BCUT2D eigenvalue weighted by Crippen LogP contribution is -2.37. The monoisotopic (exact) mass is 270 g/mol.